The minimum absolute atomic E-state index is 0.0857. The fourth-order valence-electron chi connectivity index (χ4n) is 3.19. The lowest BCUT2D eigenvalue weighted by Gasteiger charge is -2.52. The summed E-state index contributed by atoms with van der Waals surface area (Å²) in [4.78, 5) is 2.37. The molecule has 0 spiro atoms. The van der Waals surface area contributed by atoms with Gasteiger partial charge in [0.1, 0.15) is 5.82 Å². The van der Waals surface area contributed by atoms with Crippen LogP contribution in [0.25, 0.3) is 0 Å². The predicted octanol–water partition coefficient (Wildman–Crippen LogP) is 2.20. The number of benzene rings is 1. The third-order valence-electron chi connectivity index (χ3n) is 4.27. The molecule has 1 fully saturated rings. The van der Waals surface area contributed by atoms with Crippen LogP contribution < -0.4 is 5.73 Å². The van der Waals surface area contributed by atoms with Gasteiger partial charge in [0.15, 0.2) is 0 Å². The van der Waals surface area contributed by atoms with E-state index in [1.165, 1.54) is 6.07 Å². The summed E-state index contributed by atoms with van der Waals surface area (Å²) in [6, 6.07) is 6.95. The normalized spacial score (nSPS) is 22.4. The number of rotatable bonds is 4. The SMILES string of the molecule is CC1(C)COCCN1C(C)(CN)Cc1ccccc1F. The van der Waals surface area contributed by atoms with Gasteiger partial charge in [0.25, 0.3) is 0 Å². The lowest BCUT2D eigenvalue weighted by molar-refractivity contribution is -0.0985. The molecule has 1 atom stereocenters. The van der Waals surface area contributed by atoms with Crippen molar-refractivity contribution in [1.29, 1.82) is 0 Å². The second-order valence-corrected chi connectivity index (χ2v) is 6.49. The maximum atomic E-state index is 13.9. The second kappa shape index (κ2) is 5.80. The van der Waals surface area contributed by atoms with Crippen LogP contribution in [-0.4, -0.2) is 42.3 Å². The zero-order valence-corrected chi connectivity index (χ0v) is 12.7. The van der Waals surface area contributed by atoms with Gasteiger partial charge in [0.05, 0.1) is 13.2 Å². The van der Waals surface area contributed by atoms with Gasteiger partial charge >= 0.3 is 0 Å². The molecule has 0 aliphatic carbocycles. The molecule has 0 aromatic heterocycles. The topological polar surface area (TPSA) is 38.5 Å². The zero-order chi connectivity index (χ0) is 14.8. The van der Waals surface area contributed by atoms with E-state index in [4.69, 9.17) is 10.5 Å². The molecular weight excluding hydrogens is 255 g/mol. The van der Waals surface area contributed by atoms with E-state index in [0.29, 0.717) is 26.2 Å². The number of nitrogens with two attached hydrogens (primary N) is 1. The van der Waals surface area contributed by atoms with Gasteiger partial charge in [-0.25, -0.2) is 4.39 Å². The van der Waals surface area contributed by atoms with Crippen molar-refractivity contribution in [3.63, 3.8) is 0 Å². The summed E-state index contributed by atoms with van der Waals surface area (Å²) in [6.45, 7) is 9.13. The molecular formula is C16H25FN2O. The first-order chi connectivity index (χ1) is 9.39. The van der Waals surface area contributed by atoms with Crippen LogP contribution in [0.15, 0.2) is 24.3 Å². The smallest absolute Gasteiger partial charge is 0.126 e. The summed E-state index contributed by atoms with van der Waals surface area (Å²) in [7, 11) is 0. The highest BCUT2D eigenvalue weighted by atomic mass is 19.1. The molecule has 1 aromatic carbocycles. The van der Waals surface area contributed by atoms with Crippen molar-refractivity contribution < 1.29 is 9.13 Å². The number of hydrogen-bond acceptors (Lipinski definition) is 3. The van der Waals surface area contributed by atoms with E-state index in [1.807, 2.05) is 12.1 Å². The van der Waals surface area contributed by atoms with E-state index in [1.54, 1.807) is 6.07 Å². The molecule has 0 saturated carbocycles. The average Bonchev–Trinajstić information content (AvgIpc) is 2.41. The summed E-state index contributed by atoms with van der Waals surface area (Å²) in [5.74, 6) is -0.154. The minimum Gasteiger partial charge on any atom is -0.378 e. The number of hydrogen-bond donors (Lipinski definition) is 1. The molecule has 1 aliphatic heterocycles. The van der Waals surface area contributed by atoms with Gasteiger partial charge in [-0.15, -0.1) is 0 Å². The number of ether oxygens (including phenoxy) is 1. The lowest BCUT2D eigenvalue weighted by atomic mass is 9.85. The van der Waals surface area contributed by atoms with Crippen molar-refractivity contribution in [2.45, 2.75) is 38.3 Å². The van der Waals surface area contributed by atoms with Crippen LogP contribution in [0, 0.1) is 5.82 Å². The Balaban J connectivity index is 2.26. The molecule has 2 rings (SSSR count). The van der Waals surface area contributed by atoms with Crippen molar-refractivity contribution in [3.05, 3.63) is 35.6 Å². The lowest BCUT2D eigenvalue weighted by Crippen LogP contribution is -2.65. The Labute approximate surface area is 120 Å². The summed E-state index contributed by atoms with van der Waals surface area (Å²) in [5, 5.41) is 0. The Morgan fingerprint density at radius 2 is 2.10 bits per heavy atom. The van der Waals surface area contributed by atoms with Gasteiger partial charge in [0, 0.05) is 24.2 Å². The number of morpholine rings is 1. The molecule has 1 unspecified atom stereocenters. The third-order valence-corrected chi connectivity index (χ3v) is 4.27. The minimum atomic E-state index is -0.268. The number of halogens is 1. The molecule has 112 valence electrons. The first kappa shape index (κ1) is 15.4. The largest absolute Gasteiger partial charge is 0.378 e. The Morgan fingerprint density at radius 1 is 1.40 bits per heavy atom. The molecule has 20 heavy (non-hydrogen) atoms. The summed E-state index contributed by atoms with van der Waals surface area (Å²) in [6.07, 6.45) is 0.611. The van der Waals surface area contributed by atoms with Gasteiger partial charge in [0.2, 0.25) is 0 Å². The van der Waals surface area contributed by atoms with Crippen LogP contribution in [0.1, 0.15) is 26.3 Å². The van der Waals surface area contributed by atoms with Gasteiger partial charge in [-0.3, -0.25) is 4.90 Å². The van der Waals surface area contributed by atoms with Crippen LogP contribution >= 0.6 is 0 Å². The van der Waals surface area contributed by atoms with Crippen LogP contribution in [-0.2, 0) is 11.2 Å². The second-order valence-electron chi connectivity index (χ2n) is 6.49. The molecule has 1 aliphatic rings. The van der Waals surface area contributed by atoms with Crippen LogP contribution in [0.2, 0.25) is 0 Å². The fraction of sp³-hybridized carbons (Fsp3) is 0.625. The highest BCUT2D eigenvalue weighted by Gasteiger charge is 2.42. The molecule has 0 radical (unpaired) electrons. The van der Waals surface area contributed by atoms with Gasteiger partial charge in [-0.1, -0.05) is 18.2 Å². The average molecular weight is 280 g/mol. The quantitative estimate of drug-likeness (QED) is 0.919. The van der Waals surface area contributed by atoms with Crippen LogP contribution in [0.4, 0.5) is 4.39 Å². The summed E-state index contributed by atoms with van der Waals surface area (Å²) >= 11 is 0. The standard InChI is InChI=1S/C16H25FN2O/c1-15(2)12-20-9-8-19(15)16(3,11-18)10-13-6-4-5-7-14(13)17/h4-7H,8-12,18H2,1-3H3. The maximum absolute atomic E-state index is 13.9. The third kappa shape index (κ3) is 3.03. The van der Waals surface area contributed by atoms with Crippen molar-refractivity contribution >= 4 is 0 Å². The van der Waals surface area contributed by atoms with Crippen LogP contribution in [0.5, 0.6) is 0 Å². The molecule has 1 saturated heterocycles. The van der Waals surface area contributed by atoms with Crippen LogP contribution in [0.3, 0.4) is 0 Å². The maximum Gasteiger partial charge on any atom is 0.126 e. The Hall–Kier alpha value is -0.970. The van der Waals surface area contributed by atoms with Gasteiger partial charge in [-0.05, 0) is 38.8 Å². The first-order valence-corrected chi connectivity index (χ1v) is 7.18. The van der Waals surface area contributed by atoms with Crippen molar-refractivity contribution in [1.82, 2.24) is 4.90 Å². The Bertz CT molecular complexity index is 464. The fourth-order valence-corrected chi connectivity index (χ4v) is 3.19. The molecule has 1 heterocycles. The zero-order valence-electron chi connectivity index (χ0n) is 12.7. The highest BCUT2D eigenvalue weighted by Crippen LogP contribution is 2.31. The first-order valence-electron chi connectivity index (χ1n) is 7.18. The summed E-state index contributed by atoms with van der Waals surface area (Å²) < 4.78 is 19.5. The van der Waals surface area contributed by atoms with E-state index in [0.717, 1.165) is 12.1 Å². The predicted molar refractivity (Wildman–Crippen MR) is 79.2 cm³/mol. The van der Waals surface area contributed by atoms with Crippen molar-refractivity contribution in [2.75, 3.05) is 26.3 Å². The molecule has 0 bridgehead atoms. The van der Waals surface area contributed by atoms with Crippen molar-refractivity contribution in [2.24, 2.45) is 5.73 Å². The molecule has 2 N–H and O–H groups in total. The highest BCUT2D eigenvalue weighted by molar-refractivity contribution is 5.20. The molecule has 3 nitrogen and oxygen atoms in total. The number of nitrogens with zero attached hydrogens (tertiary/aromatic N) is 1. The van der Waals surface area contributed by atoms with E-state index in [9.17, 15) is 4.39 Å². The van der Waals surface area contributed by atoms with E-state index in [-0.39, 0.29) is 16.9 Å². The molecule has 4 heteroatoms. The Kier molecular flexibility index (Phi) is 4.47. The van der Waals surface area contributed by atoms with Crippen molar-refractivity contribution in [3.8, 4) is 0 Å². The Morgan fingerprint density at radius 3 is 2.70 bits per heavy atom. The summed E-state index contributed by atoms with van der Waals surface area (Å²) in [5.41, 5.74) is 6.42. The van der Waals surface area contributed by atoms with Gasteiger partial charge < -0.3 is 10.5 Å². The van der Waals surface area contributed by atoms with E-state index in [2.05, 4.69) is 25.7 Å². The monoisotopic (exact) mass is 280 g/mol. The molecule has 0 amide bonds. The van der Waals surface area contributed by atoms with E-state index >= 15 is 0 Å². The van der Waals surface area contributed by atoms with Gasteiger partial charge in [-0.2, -0.15) is 0 Å². The molecule has 1 aromatic rings. The van der Waals surface area contributed by atoms with E-state index < -0.39 is 0 Å².